The van der Waals surface area contributed by atoms with Gasteiger partial charge >= 0.3 is 0 Å². The highest BCUT2D eigenvalue weighted by Gasteiger charge is 2.25. The Kier molecular flexibility index (Phi) is 7.75. The third kappa shape index (κ3) is 5.49. The number of aliphatic imine (C=N–C) groups is 1. The zero-order valence-corrected chi connectivity index (χ0v) is 31.5. The van der Waals surface area contributed by atoms with Gasteiger partial charge in [-0.05, 0) is 88.5 Å². The van der Waals surface area contributed by atoms with Gasteiger partial charge < -0.3 is 14.0 Å². The molecule has 3 heterocycles. The smallest absolute Gasteiger partial charge is 0.147 e. The lowest BCUT2D eigenvalue weighted by molar-refractivity contribution is 0.364. The van der Waals surface area contributed by atoms with Gasteiger partial charge in [0.1, 0.15) is 6.17 Å². The maximum Gasteiger partial charge on any atom is 0.147 e. The van der Waals surface area contributed by atoms with Crippen molar-refractivity contribution >= 4 is 55.0 Å². The molecular formula is C53H38N4. The van der Waals surface area contributed by atoms with E-state index in [0.717, 1.165) is 28.3 Å². The summed E-state index contributed by atoms with van der Waals surface area (Å²) in [6.45, 7) is 0. The van der Waals surface area contributed by atoms with Crippen LogP contribution in [0, 0.1) is 0 Å². The van der Waals surface area contributed by atoms with E-state index in [9.17, 15) is 0 Å². The van der Waals surface area contributed by atoms with Gasteiger partial charge in [-0.3, -0.25) is 4.99 Å². The molecule has 10 aromatic rings. The van der Waals surface area contributed by atoms with Crippen molar-refractivity contribution in [3.05, 3.63) is 223 Å². The van der Waals surface area contributed by atoms with Gasteiger partial charge in [-0.1, -0.05) is 146 Å². The van der Waals surface area contributed by atoms with Crippen LogP contribution in [-0.4, -0.2) is 26.8 Å². The number of benzene rings is 8. The fourth-order valence-corrected chi connectivity index (χ4v) is 8.81. The van der Waals surface area contributed by atoms with Crippen molar-refractivity contribution in [3.8, 4) is 22.5 Å². The predicted molar refractivity (Wildman–Crippen MR) is 238 cm³/mol. The number of hydrogen-bond acceptors (Lipinski definition) is 2. The van der Waals surface area contributed by atoms with Crippen molar-refractivity contribution in [2.24, 2.45) is 4.99 Å². The molecule has 0 amide bonds. The highest BCUT2D eigenvalue weighted by atomic mass is 15.2. The van der Waals surface area contributed by atoms with Crippen molar-refractivity contribution in [1.82, 2.24) is 14.0 Å². The van der Waals surface area contributed by atoms with Gasteiger partial charge in [0.05, 0.1) is 27.8 Å². The maximum atomic E-state index is 5.32. The van der Waals surface area contributed by atoms with Gasteiger partial charge in [0, 0.05) is 45.7 Å². The van der Waals surface area contributed by atoms with Crippen LogP contribution in [-0.2, 0) is 0 Å². The van der Waals surface area contributed by atoms with Gasteiger partial charge in [0.15, 0.2) is 0 Å². The van der Waals surface area contributed by atoms with Crippen LogP contribution in [0.5, 0.6) is 0 Å². The van der Waals surface area contributed by atoms with E-state index in [1.54, 1.807) is 0 Å². The molecule has 0 radical (unpaired) electrons. The Morgan fingerprint density at radius 2 is 0.895 bits per heavy atom. The summed E-state index contributed by atoms with van der Waals surface area (Å²) in [5.74, 6) is 0. The van der Waals surface area contributed by atoms with Crippen LogP contribution < -0.4 is 0 Å². The summed E-state index contributed by atoms with van der Waals surface area (Å²) in [5.41, 5.74) is 15.0. The lowest BCUT2D eigenvalue weighted by Gasteiger charge is -2.34. The molecule has 1 aliphatic heterocycles. The Balaban J connectivity index is 1.01. The minimum atomic E-state index is -0.130. The number of fused-ring (bicyclic) bond motifs is 6. The van der Waals surface area contributed by atoms with Crippen LogP contribution in [0.2, 0.25) is 0 Å². The van der Waals surface area contributed by atoms with E-state index in [-0.39, 0.29) is 6.17 Å². The average molecular weight is 731 g/mol. The zero-order valence-electron chi connectivity index (χ0n) is 31.5. The molecule has 0 saturated carbocycles. The second-order valence-electron chi connectivity index (χ2n) is 14.9. The molecule has 8 aromatic carbocycles. The SMILES string of the molecule is CN1C(c2ccccc2)=CC(c2ccc(-n3c4ccccc4c4cc(-c5ccc6c7ccccc7n(-c7ccccc7)c6c5)ccc43)cc2)=NC1c1ccccc1. The molecule has 11 rings (SSSR count). The summed E-state index contributed by atoms with van der Waals surface area (Å²) < 4.78 is 4.78. The number of hydrogen-bond donors (Lipinski definition) is 0. The molecule has 0 aliphatic carbocycles. The summed E-state index contributed by atoms with van der Waals surface area (Å²) in [4.78, 5) is 7.60. The predicted octanol–water partition coefficient (Wildman–Crippen LogP) is 13.0. The Hall–Kier alpha value is -7.43. The summed E-state index contributed by atoms with van der Waals surface area (Å²) in [6, 6.07) is 72.1. The largest absolute Gasteiger partial charge is 0.349 e. The van der Waals surface area contributed by atoms with Crippen LogP contribution in [0.3, 0.4) is 0 Å². The standard InChI is InChI=1S/C53H38N4/c1-55-51(37-15-5-2-6-16-37)35-47(54-53(55)38-17-7-3-8-18-38)36-25-29-42(30-26-36)56-49-24-14-12-22-44(49)46-33-39(28-32-50(46)56)40-27-31-45-43-21-11-13-23-48(43)57(52(45)34-40)41-19-9-4-10-20-41/h2-35,53H,1H3. The van der Waals surface area contributed by atoms with Crippen LogP contribution in [0.4, 0.5) is 0 Å². The summed E-state index contributed by atoms with van der Waals surface area (Å²) in [7, 11) is 2.14. The minimum absolute atomic E-state index is 0.130. The molecule has 0 bridgehead atoms. The molecule has 1 atom stereocenters. The first kappa shape index (κ1) is 33.0. The van der Waals surface area contributed by atoms with Gasteiger partial charge in [0.2, 0.25) is 0 Å². The number of para-hydroxylation sites is 3. The molecule has 0 saturated heterocycles. The fraction of sp³-hybridized carbons (Fsp3) is 0.0377. The normalized spacial score (nSPS) is 14.4. The van der Waals surface area contributed by atoms with E-state index in [2.05, 4.69) is 227 Å². The number of nitrogens with zero attached hydrogens (tertiary/aromatic N) is 4. The van der Waals surface area contributed by atoms with Crippen LogP contribution in [0.25, 0.3) is 71.8 Å². The van der Waals surface area contributed by atoms with Gasteiger partial charge in [-0.2, -0.15) is 0 Å². The Morgan fingerprint density at radius 1 is 0.386 bits per heavy atom. The van der Waals surface area contributed by atoms with Crippen molar-refractivity contribution in [3.63, 3.8) is 0 Å². The lowest BCUT2D eigenvalue weighted by atomic mass is 10.0. The van der Waals surface area contributed by atoms with Gasteiger partial charge in [-0.15, -0.1) is 0 Å². The second kappa shape index (κ2) is 13.4. The molecule has 0 fully saturated rings. The van der Waals surface area contributed by atoms with E-state index >= 15 is 0 Å². The van der Waals surface area contributed by atoms with Crippen LogP contribution >= 0.6 is 0 Å². The zero-order chi connectivity index (χ0) is 37.9. The number of aromatic nitrogens is 2. The molecule has 0 spiro atoms. The monoisotopic (exact) mass is 730 g/mol. The first-order valence-electron chi connectivity index (χ1n) is 19.6. The molecule has 4 nitrogen and oxygen atoms in total. The summed E-state index contributed by atoms with van der Waals surface area (Å²) in [5, 5.41) is 4.99. The van der Waals surface area contributed by atoms with Crippen LogP contribution in [0.1, 0.15) is 22.9 Å². The molecule has 1 unspecified atom stereocenters. The first-order valence-corrected chi connectivity index (χ1v) is 19.6. The number of allylic oxidation sites excluding steroid dienone is 1. The molecular weight excluding hydrogens is 693 g/mol. The second-order valence-corrected chi connectivity index (χ2v) is 14.9. The highest BCUT2D eigenvalue weighted by Crippen LogP contribution is 2.39. The molecule has 1 aliphatic rings. The number of rotatable bonds is 6. The molecule has 0 N–H and O–H groups in total. The molecule has 270 valence electrons. The molecule has 57 heavy (non-hydrogen) atoms. The van der Waals surface area contributed by atoms with Crippen molar-refractivity contribution in [2.45, 2.75) is 6.17 Å². The van der Waals surface area contributed by atoms with Crippen molar-refractivity contribution < 1.29 is 0 Å². The fourth-order valence-electron chi connectivity index (χ4n) is 8.81. The van der Waals surface area contributed by atoms with E-state index < -0.39 is 0 Å². The quantitative estimate of drug-likeness (QED) is 0.167. The minimum Gasteiger partial charge on any atom is -0.349 e. The maximum absolute atomic E-state index is 5.32. The highest BCUT2D eigenvalue weighted by molar-refractivity contribution is 6.14. The van der Waals surface area contributed by atoms with Crippen molar-refractivity contribution in [1.29, 1.82) is 0 Å². The first-order chi connectivity index (χ1) is 28.2. The lowest BCUT2D eigenvalue weighted by Crippen LogP contribution is -2.27. The van der Waals surface area contributed by atoms with E-state index in [1.165, 1.54) is 65.9 Å². The topological polar surface area (TPSA) is 25.5 Å². The summed E-state index contributed by atoms with van der Waals surface area (Å²) >= 11 is 0. The van der Waals surface area contributed by atoms with Crippen LogP contribution in [0.15, 0.2) is 211 Å². The Labute approximate surface area is 331 Å². The van der Waals surface area contributed by atoms with Gasteiger partial charge in [0.25, 0.3) is 0 Å². The third-order valence-corrected chi connectivity index (χ3v) is 11.6. The Bertz CT molecular complexity index is 3170. The molecule has 2 aromatic heterocycles. The van der Waals surface area contributed by atoms with E-state index in [1.807, 2.05) is 0 Å². The van der Waals surface area contributed by atoms with Crippen molar-refractivity contribution in [2.75, 3.05) is 7.05 Å². The average Bonchev–Trinajstić information content (AvgIpc) is 3.79. The molecule has 4 heteroatoms. The van der Waals surface area contributed by atoms with Gasteiger partial charge in [-0.25, -0.2) is 0 Å². The third-order valence-electron chi connectivity index (χ3n) is 11.6. The van der Waals surface area contributed by atoms with E-state index in [0.29, 0.717) is 0 Å². The van der Waals surface area contributed by atoms with E-state index in [4.69, 9.17) is 4.99 Å². The summed E-state index contributed by atoms with van der Waals surface area (Å²) in [6.07, 6.45) is 2.10. The Morgan fingerprint density at radius 3 is 1.61 bits per heavy atom.